The molecule has 0 saturated heterocycles. The van der Waals surface area contributed by atoms with Crippen molar-refractivity contribution in [2.75, 3.05) is 13.2 Å². The first-order valence-corrected chi connectivity index (χ1v) is 28.9. The second-order valence-corrected chi connectivity index (χ2v) is 18.8. The van der Waals surface area contributed by atoms with E-state index in [2.05, 4.69) is 130 Å². The minimum atomic E-state index is -0.819. The molecule has 0 aliphatic heterocycles. The van der Waals surface area contributed by atoms with Gasteiger partial charge in [-0.05, 0) is 122 Å². The monoisotopic (exact) mass is 971 g/mol. The average molecular weight is 972 g/mol. The molecule has 0 bridgehead atoms. The lowest BCUT2D eigenvalue weighted by molar-refractivity contribution is -0.167. The highest BCUT2D eigenvalue weighted by molar-refractivity contribution is 5.71. The summed E-state index contributed by atoms with van der Waals surface area (Å²) in [4.78, 5) is 38.1. The summed E-state index contributed by atoms with van der Waals surface area (Å²) in [7, 11) is 0. The number of unbranched alkanes of at least 4 members (excludes halogenated alkanes) is 22. The largest absolute Gasteiger partial charge is 0.462 e. The summed E-state index contributed by atoms with van der Waals surface area (Å²) in [5.41, 5.74) is 0. The van der Waals surface area contributed by atoms with E-state index >= 15 is 0 Å². The molecule has 0 aromatic rings. The molecule has 1 atom stereocenters. The Bertz CT molecular complexity index is 1440. The molecule has 0 radical (unpaired) electrons. The molecule has 0 aliphatic rings. The van der Waals surface area contributed by atoms with Gasteiger partial charge in [-0.15, -0.1) is 0 Å². The van der Waals surface area contributed by atoms with Gasteiger partial charge in [0.15, 0.2) is 6.10 Å². The fourth-order valence-corrected chi connectivity index (χ4v) is 7.66. The van der Waals surface area contributed by atoms with Gasteiger partial charge < -0.3 is 14.2 Å². The summed E-state index contributed by atoms with van der Waals surface area (Å²) >= 11 is 0. The van der Waals surface area contributed by atoms with E-state index in [1.54, 1.807) is 0 Å². The van der Waals surface area contributed by atoms with Gasteiger partial charge in [0.2, 0.25) is 0 Å². The summed E-state index contributed by atoms with van der Waals surface area (Å²) in [6.45, 7) is 6.44. The van der Waals surface area contributed by atoms with E-state index in [1.807, 2.05) is 0 Å². The molecule has 1 unspecified atom stereocenters. The molecule has 0 aliphatic carbocycles. The Morgan fingerprint density at radius 3 is 0.929 bits per heavy atom. The van der Waals surface area contributed by atoms with Crippen molar-refractivity contribution >= 4 is 17.9 Å². The van der Waals surface area contributed by atoms with Gasteiger partial charge in [-0.2, -0.15) is 0 Å². The van der Waals surface area contributed by atoms with Gasteiger partial charge >= 0.3 is 17.9 Å². The Balaban J connectivity index is 4.50. The SMILES string of the molecule is CC/C=C\C/C=C\C/C=C\C/C=C\C/C=C\CCCC(=O)OC(COC(=O)CCCCCCC/C=C\CCCCCCC)COC(=O)CCCCCCCC/C=C\C/C=C\C/C=C\CCCCCCC. The van der Waals surface area contributed by atoms with E-state index in [9.17, 15) is 14.4 Å². The normalized spacial score (nSPS) is 12.9. The number of esters is 3. The van der Waals surface area contributed by atoms with Crippen LogP contribution in [0.15, 0.2) is 109 Å². The predicted molar refractivity (Wildman–Crippen MR) is 302 cm³/mol. The quantitative estimate of drug-likeness (QED) is 0.0262. The Hall–Kier alpha value is -3.93. The second kappa shape index (κ2) is 57.6. The predicted octanol–water partition coefficient (Wildman–Crippen LogP) is 19.5. The van der Waals surface area contributed by atoms with Gasteiger partial charge in [-0.3, -0.25) is 14.4 Å². The van der Waals surface area contributed by atoms with Crippen molar-refractivity contribution in [2.45, 2.75) is 264 Å². The molecule has 0 aromatic heterocycles. The van der Waals surface area contributed by atoms with Crippen LogP contribution in [0.4, 0.5) is 0 Å². The summed E-state index contributed by atoms with van der Waals surface area (Å²) < 4.78 is 16.8. The van der Waals surface area contributed by atoms with Crippen LogP contribution in [0, 0.1) is 0 Å². The van der Waals surface area contributed by atoms with E-state index in [4.69, 9.17) is 14.2 Å². The standard InChI is InChI=1S/C64H106O6/c1-4-7-10-13-16-19-22-25-28-30-31-32-33-35-36-39-42-45-48-51-54-57-63(66)69-60-61(59-68-62(65)56-53-50-47-44-41-38-27-24-21-18-15-12-9-6-3)70-64(67)58-55-52-49-46-43-40-37-34-29-26-23-20-17-14-11-8-5-2/h8,11,17,20,22,24-27,29-31,33,35,37,40,46,49,61H,4-7,9-10,12-16,18-19,21,23,28,32,34,36,38-39,41-45,47-48,50-60H2,1-3H3/b11-8-,20-17-,25-22-,27-24-,29-26-,31-30-,35-33-,40-37-,49-46-. The van der Waals surface area contributed by atoms with Crippen LogP contribution in [0.25, 0.3) is 0 Å². The minimum absolute atomic E-state index is 0.111. The first-order valence-electron chi connectivity index (χ1n) is 28.9. The van der Waals surface area contributed by atoms with Crippen LogP contribution >= 0.6 is 0 Å². The topological polar surface area (TPSA) is 78.9 Å². The fourth-order valence-electron chi connectivity index (χ4n) is 7.66. The molecule has 0 spiro atoms. The molecule has 0 N–H and O–H groups in total. The van der Waals surface area contributed by atoms with E-state index in [0.717, 1.165) is 116 Å². The lowest BCUT2D eigenvalue weighted by atomic mass is 10.1. The highest BCUT2D eigenvalue weighted by Crippen LogP contribution is 2.13. The van der Waals surface area contributed by atoms with Crippen molar-refractivity contribution in [2.24, 2.45) is 0 Å². The first kappa shape index (κ1) is 66.1. The lowest BCUT2D eigenvalue weighted by Gasteiger charge is -2.18. The third kappa shape index (κ3) is 55.0. The molecule has 0 heterocycles. The lowest BCUT2D eigenvalue weighted by Crippen LogP contribution is -2.30. The summed E-state index contributed by atoms with van der Waals surface area (Å²) in [5.74, 6) is -0.990. The maximum atomic E-state index is 12.8. The maximum Gasteiger partial charge on any atom is 0.306 e. The van der Waals surface area contributed by atoms with E-state index in [1.165, 1.54) is 96.3 Å². The molecule has 398 valence electrons. The van der Waals surface area contributed by atoms with Gasteiger partial charge in [0.25, 0.3) is 0 Å². The third-order valence-electron chi connectivity index (χ3n) is 12.0. The molecule has 70 heavy (non-hydrogen) atoms. The number of hydrogen-bond acceptors (Lipinski definition) is 6. The number of ether oxygens (including phenoxy) is 3. The Labute approximate surface area is 431 Å². The van der Waals surface area contributed by atoms with Crippen LogP contribution < -0.4 is 0 Å². The Morgan fingerprint density at radius 2 is 0.571 bits per heavy atom. The summed E-state index contributed by atoms with van der Waals surface area (Å²) in [6.07, 6.45) is 78.0. The highest BCUT2D eigenvalue weighted by atomic mass is 16.6. The zero-order chi connectivity index (χ0) is 50.7. The van der Waals surface area contributed by atoms with Gasteiger partial charge in [0.1, 0.15) is 13.2 Å². The summed E-state index contributed by atoms with van der Waals surface area (Å²) in [5, 5.41) is 0. The van der Waals surface area contributed by atoms with Crippen molar-refractivity contribution in [3.8, 4) is 0 Å². The van der Waals surface area contributed by atoms with Crippen molar-refractivity contribution in [1.82, 2.24) is 0 Å². The smallest absolute Gasteiger partial charge is 0.306 e. The molecular weight excluding hydrogens is 865 g/mol. The number of rotatable bonds is 51. The maximum absolute atomic E-state index is 12.8. The Morgan fingerprint density at radius 1 is 0.300 bits per heavy atom. The molecule has 0 fully saturated rings. The van der Waals surface area contributed by atoms with Crippen LogP contribution in [-0.4, -0.2) is 37.2 Å². The van der Waals surface area contributed by atoms with Crippen molar-refractivity contribution < 1.29 is 28.6 Å². The minimum Gasteiger partial charge on any atom is -0.462 e. The van der Waals surface area contributed by atoms with Crippen LogP contribution in [0.2, 0.25) is 0 Å². The van der Waals surface area contributed by atoms with Crippen LogP contribution in [0.3, 0.4) is 0 Å². The van der Waals surface area contributed by atoms with Crippen molar-refractivity contribution in [3.05, 3.63) is 109 Å². The molecule has 0 aromatic carbocycles. The van der Waals surface area contributed by atoms with Gasteiger partial charge in [0, 0.05) is 19.3 Å². The molecule has 6 nitrogen and oxygen atoms in total. The highest BCUT2D eigenvalue weighted by Gasteiger charge is 2.19. The molecular formula is C64H106O6. The first-order chi connectivity index (χ1) is 34.5. The number of hydrogen-bond donors (Lipinski definition) is 0. The third-order valence-corrected chi connectivity index (χ3v) is 12.0. The Kier molecular flexibility index (Phi) is 54.4. The zero-order valence-electron chi connectivity index (χ0n) is 45.5. The molecule has 6 heteroatoms. The van der Waals surface area contributed by atoms with Crippen LogP contribution in [0.5, 0.6) is 0 Å². The number of carbonyl (C=O) groups excluding carboxylic acids is 3. The van der Waals surface area contributed by atoms with Crippen molar-refractivity contribution in [3.63, 3.8) is 0 Å². The second-order valence-electron chi connectivity index (χ2n) is 18.8. The fraction of sp³-hybridized carbons (Fsp3) is 0.672. The van der Waals surface area contributed by atoms with Crippen LogP contribution in [-0.2, 0) is 28.6 Å². The zero-order valence-corrected chi connectivity index (χ0v) is 45.5. The van der Waals surface area contributed by atoms with Gasteiger partial charge in [0.05, 0.1) is 0 Å². The van der Waals surface area contributed by atoms with E-state index in [0.29, 0.717) is 19.3 Å². The van der Waals surface area contributed by atoms with E-state index < -0.39 is 6.10 Å². The average Bonchev–Trinajstić information content (AvgIpc) is 3.36. The number of carbonyl (C=O) groups is 3. The molecule has 0 amide bonds. The summed E-state index contributed by atoms with van der Waals surface area (Å²) in [6, 6.07) is 0. The molecule has 0 saturated carbocycles. The van der Waals surface area contributed by atoms with Crippen LogP contribution in [0.1, 0.15) is 258 Å². The van der Waals surface area contributed by atoms with Crippen molar-refractivity contribution in [1.29, 1.82) is 0 Å². The van der Waals surface area contributed by atoms with E-state index in [-0.39, 0.29) is 37.5 Å². The molecule has 0 rings (SSSR count). The number of allylic oxidation sites excluding steroid dienone is 18. The van der Waals surface area contributed by atoms with Gasteiger partial charge in [-0.25, -0.2) is 0 Å². The van der Waals surface area contributed by atoms with Gasteiger partial charge in [-0.1, -0.05) is 226 Å².